The van der Waals surface area contributed by atoms with Crippen molar-refractivity contribution in [2.45, 2.75) is 43.7 Å². The van der Waals surface area contributed by atoms with Gasteiger partial charge in [-0.15, -0.1) is 0 Å². The molecule has 1 atom stereocenters. The highest BCUT2D eigenvalue weighted by atomic mass is 16.5. The third-order valence-electron chi connectivity index (χ3n) is 7.35. The predicted molar refractivity (Wildman–Crippen MR) is 135 cm³/mol. The van der Waals surface area contributed by atoms with Gasteiger partial charge in [0, 0.05) is 31.9 Å². The lowest BCUT2D eigenvalue weighted by molar-refractivity contribution is -0.133. The number of hydrogen-bond donors (Lipinski definition) is 0. The highest BCUT2D eigenvalue weighted by molar-refractivity contribution is 5.87. The summed E-state index contributed by atoms with van der Waals surface area (Å²) < 4.78 is 8.32. The van der Waals surface area contributed by atoms with Crippen LogP contribution in [0.4, 0.5) is 0 Å². The van der Waals surface area contributed by atoms with Gasteiger partial charge in [-0.1, -0.05) is 60.7 Å². The molecule has 2 aliphatic rings. The Labute approximate surface area is 205 Å². The summed E-state index contributed by atoms with van der Waals surface area (Å²) in [7, 11) is 0. The summed E-state index contributed by atoms with van der Waals surface area (Å²) in [5, 5.41) is 0. The first-order valence-corrected chi connectivity index (χ1v) is 12.6. The van der Waals surface area contributed by atoms with Gasteiger partial charge in [-0.25, -0.2) is 9.97 Å². The maximum atomic E-state index is 13.9. The maximum Gasteiger partial charge on any atom is 0.234 e. The molecule has 35 heavy (non-hydrogen) atoms. The summed E-state index contributed by atoms with van der Waals surface area (Å²) in [4.78, 5) is 25.5. The van der Waals surface area contributed by atoms with Crippen LogP contribution in [0, 0.1) is 0 Å². The molecule has 2 aliphatic heterocycles. The molecule has 2 aromatic carbocycles. The van der Waals surface area contributed by atoms with Crippen LogP contribution in [0.15, 0.2) is 79.0 Å². The van der Waals surface area contributed by atoms with Gasteiger partial charge in [0.05, 0.1) is 5.92 Å². The van der Waals surface area contributed by atoms with Gasteiger partial charge in [0.15, 0.2) is 5.65 Å². The lowest BCUT2D eigenvalue weighted by Gasteiger charge is -2.36. The molecule has 2 fully saturated rings. The number of benzene rings is 2. The Morgan fingerprint density at radius 3 is 2.20 bits per heavy atom. The molecule has 0 unspecified atom stereocenters. The van der Waals surface area contributed by atoms with Crippen LogP contribution in [0.3, 0.4) is 0 Å². The highest BCUT2D eigenvalue weighted by Gasteiger charge is 2.34. The van der Waals surface area contributed by atoms with E-state index in [4.69, 9.17) is 9.72 Å². The van der Waals surface area contributed by atoms with Gasteiger partial charge in [0.2, 0.25) is 5.91 Å². The zero-order valence-electron chi connectivity index (χ0n) is 19.8. The maximum absolute atomic E-state index is 13.9. The van der Waals surface area contributed by atoms with E-state index in [9.17, 15) is 4.79 Å². The number of imidazole rings is 1. The summed E-state index contributed by atoms with van der Waals surface area (Å²) >= 11 is 0. The first-order chi connectivity index (χ1) is 17.3. The van der Waals surface area contributed by atoms with Crippen LogP contribution in [-0.2, 0) is 9.53 Å². The second-order valence-corrected chi connectivity index (χ2v) is 9.50. The van der Waals surface area contributed by atoms with E-state index >= 15 is 0 Å². The number of carbonyl (C=O) groups excluding carboxylic acids is 1. The van der Waals surface area contributed by atoms with Crippen molar-refractivity contribution >= 4 is 17.1 Å². The molecular weight excluding hydrogens is 436 g/mol. The topological polar surface area (TPSA) is 60.2 Å². The molecule has 6 rings (SSSR count). The summed E-state index contributed by atoms with van der Waals surface area (Å²) in [6.45, 7) is 2.23. The first-order valence-electron chi connectivity index (χ1n) is 12.6. The predicted octanol–water partition coefficient (Wildman–Crippen LogP) is 5.28. The van der Waals surface area contributed by atoms with E-state index < -0.39 is 0 Å². The minimum absolute atomic E-state index is 0.0319. The largest absolute Gasteiger partial charge is 0.370 e. The van der Waals surface area contributed by atoms with E-state index in [2.05, 4.69) is 33.8 Å². The van der Waals surface area contributed by atoms with Crippen LogP contribution in [0.5, 0.6) is 0 Å². The van der Waals surface area contributed by atoms with Crippen molar-refractivity contribution in [3.63, 3.8) is 0 Å². The normalized spacial score (nSPS) is 19.0. The zero-order chi connectivity index (χ0) is 23.6. The minimum atomic E-state index is -0.285. The number of fused-ring (bicyclic) bond motifs is 1. The number of carbonyl (C=O) groups is 1. The van der Waals surface area contributed by atoms with E-state index in [-0.39, 0.29) is 24.0 Å². The molecule has 0 saturated carbocycles. The van der Waals surface area contributed by atoms with E-state index in [1.807, 2.05) is 59.6 Å². The van der Waals surface area contributed by atoms with Crippen LogP contribution >= 0.6 is 0 Å². The van der Waals surface area contributed by atoms with E-state index in [0.717, 1.165) is 73.5 Å². The van der Waals surface area contributed by atoms with Gasteiger partial charge in [-0.3, -0.25) is 4.79 Å². The second-order valence-electron chi connectivity index (χ2n) is 9.50. The molecule has 0 bridgehead atoms. The summed E-state index contributed by atoms with van der Waals surface area (Å²) in [6, 6.07) is 24.5. The Kier molecular flexibility index (Phi) is 6.05. The molecule has 0 N–H and O–H groups in total. The third kappa shape index (κ3) is 4.23. The van der Waals surface area contributed by atoms with Crippen LogP contribution < -0.4 is 0 Å². The molecule has 1 amide bonds. The molecule has 0 aliphatic carbocycles. The van der Waals surface area contributed by atoms with E-state index in [1.54, 1.807) is 0 Å². The summed E-state index contributed by atoms with van der Waals surface area (Å²) in [5.41, 5.74) is 3.92. The quantitative estimate of drug-likeness (QED) is 0.402. The number of amides is 1. The van der Waals surface area contributed by atoms with Crippen LogP contribution in [0.1, 0.15) is 60.7 Å². The fraction of sp³-hybridized carbons (Fsp3) is 0.345. The number of likely N-dealkylation sites (tertiary alicyclic amines) is 1. The lowest BCUT2D eigenvalue weighted by Crippen LogP contribution is -2.42. The fourth-order valence-electron chi connectivity index (χ4n) is 5.61. The Hall–Kier alpha value is -3.51. The van der Waals surface area contributed by atoms with Crippen LogP contribution in [0.2, 0.25) is 0 Å². The summed E-state index contributed by atoms with van der Waals surface area (Å²) in [6.07, 6.45) is 5.69. The van der Waals surface area contributed by atoms with Gasteiger partial charge in [-0.2, -0.15) is 0 Å². The van der Waals surface area contributed by atoms with Gasteiger partial charge in [0.25, 0.3) is 0 Å². The van der Waals surface area contributed by atoms with Crippen LogP contribution in [0.25, 0.3) is 11.2 Å². The third-order valence-corrected chi connectivity index (χ3v) is 7.35. The van der Waals surface area contributed by atoms with Gasteiger partial charge in [-0.05, 0) is 48.9 Å². The molecule has 6 nitrogen and oxygen atoms in total. The molecule has 2 saturated heterocycles. The number of nitrogens with zero attached hydrogens (tertiary/aromatic N) is 4. The number of hydrogen-bond acceptors (Lipinski definition) is 4. The SMILES string of the molecule is O=C(C(c1ccccc1)c1ccccc1)N1CCC(n2c([C@@H]3CCCO3)nc3cccnc32)CC1. The average Bonchev–Trinajstić information content (AvgIpc) is 3.58. The molecule has 6 heteroatoms. The van der Waals surface area contributed by atoms with Crippen molar-refractivity contribution in [3.8, 4) is 0 Å². The summed E-state index contributed by atoms with van der Waals surface area (Å²) in [5.74, 6) is 0.883. The molecule has 0 spiro atoms. The van der Waals surface area contributed by atoms with Crippen molar-refractivity contribution in [2.75, 3.05) is 19.7 Å². The molecule has 4 heterocycles. The van der Waals surface area contributed by atoms with Gasteiger partial charge in [0.1, 0.15) is 17.4 Å². The first kappa shape index (κ1) is 22.0. The number of aromatic nitrogens is 3. The number of pyridine rings is 1. The van der Waals surface area contributed by atoms with Gasteiger partial charge < -0.3 is 14.2 Å². The van der Waals surface area contributed by atoms with Crippen molar-refractivity contribution < 1.29 is 9.53 Å². The molecule has 4 aromatic rings. The lowest BCUT2D eigenvalue weighted by atomic mass is 9.89. The Balaban J connectivity index is 1.26. The van der Waals surface area contributed by atoms with Gasteiger partial charge >= 0.3 is 0 Å². The monoisotopic (exact) mass is 466 g/mol. The standard InChI is InChI=1S/C29H30N4O2/c34-29(26(21-9-3-1-4-10-21)22-11-5-2-6-12-22)32-18-15-23(16-19-32)33-27-24(13-7-17-30-27)31-28(33)25-14-8-20-35-25/h1-7,9-13,17,23,25-26H,8,14-16,18-20H2/t25-/m0/s1. The van der Waals surface area contributed by atoms with Crippen molar-refractivity contribution in [3.05, 3.63) is 95.9 Å². The van der Waals surface area contributed by atoms with E-state index in [1.165, 1.54) is 0 Å². The smallest absolute Gasteiger partial charge is 0.234 e. The minimum Gasteiger partial charge on any atom is -0.370 e. The molecule has 0 radical (unpaired) electrons. The number of rotatable bonds is 5. The molecular formula is C29H30N4O2. The Bertz CT molecular complexity index is 1250. The number of piperidine rings is 1. The van der Waals surface area contributed by atoms with Crippen molar-refractivity contribution in [1.82, 2.24) is 19.4 Å². The Morgan fingerprint density at radius 2 is 1.57 bits per heavy atom. The van der Waals surface area contributed by atoms with Crippen molar-refractivity contribution in [2.24, 2.45) is 0 Å². The molecule has 2 aromatic heterocycles. The second kappa shape index (κ2) is 9.62. The van der Waals surface area contributed by atoms with E-state index in [0.29, 0.717) is 0 Å². The van der Waals surface area contributed by atoms with Crippen LogP contribution in [-0.4, -0.2) is 45.0 Å². The highest BCUT2D eigenvalue weighted by Crippen LogP contribution is 2.36. The van der Waals surface area contributed by atoms with Crippen molar-refractivity contribution in [1.29, 1.82) is 0 Å². The fourth-order valence-corrected chi connectivity index (χ4v) is 5.61. The average molecular weight is 467 g/mol. The zero-order valence-corrected chi connectivity index (χ0v) is 19.8. The molecule has 178 valence electrons. The Morgan fingerprint density at radius 1 is 0.886 bits per heavy atom. The number of ether oxygens (including phenoxy) is 1.